The van der Waals surface area contributed by atoms with Gasteiger partial charge in [0.1, 0.15) is 0 Å². The Morgan fingerprint density at radius 1 is 0.964 bits per heavy atom. The van der Waals surface area contributed by atoms with E-state index < -0.39 is 27.9 Å². The first-order chi connectivity index (χ1) is 13.2. The minimum absolute atomic E-state index is 0.153. The van der Waals surface area contributed by atoms with Crippen molar-refractivity contribution in [1.29, 1.82) is 0 Å². The normalized spacial score (nSPS) is 18.1. The van der Waals surface area contributed by atoms with Crippen molar-refractivity contribution in [2.45, 2.75) is 17.2 Å². The van der Waals surface area contributed by atoms with E-state index >= 15 is 0 Å². The van der Waals surface area contributed by atoms with Crippen LogP contribution >= 0.6 is 0 Å². The molecule has 1 N–H and O–H groups in total. The summed E-state index contributed by atoms with van der Waals surface area (Å²) in [6.07, 6.45) is -5.29. The number of aliphatic hydroxyl groups is 1. The number of hydrogen-bond acceptors (Lipinski definition) is 4. The molecule has 0 bridgehead atoms. The van der Waals surface area contributed by atoms with E-state index in [9.17, 15) is 26.7 Å². The third-order valence-electron chi connectivity index (χ3n) is 4.75. The summed E-state index contributed by atoms with van der Waals surface area (Å²) in [4.78, 5) is 1.58. The molecule has 1 aliphatic heterocycles. The second-order valence-electron chi connectivity index (χ2n) is 6.66. The number of rotatable bonds is 5. The monoisotopic (exact) mass is 414 g/mol. The average Bonchev–Trinajstić information content (AvgIpc) is 2.68. The second-order valence-corrected chi connectivity index (χ2v) is 8.59. The van der Waals surface area contributed by atoms with Crippen LogP contribution in [-0.2, 0) is 16.2 Å². The Bertz CT molecular complexity index is 896. The Balaban J connectivity index is 1.64. The molecule has 2 aromatic rings. The van der Waals surface area contributed by atoms with Crippen LogP contribution in [-0.4, -0.2) is 55.5 Å². The highest BCUT2D eigenvalue weighted by Gasteiger charge is 2.34. The maximum atomic E-state index is 12.9. The maximum absolute atomic E-state index is 12.9. The zero-order chi connectivity index (χ0) is 20.4. The topological polar surface area (TPSA) is 60.9 Å². The fourth-order valence-corrected chi connectivity index (χ4v) is 4.63. The highest BCUT2D eigenvalue weighted by Crippen LogP contribution is 2.31. The van der Waals surface area contributed by atoms with E-state index in [4.69, 9.17) is 0 Å². The van der Waals surface area contributed by atoms with Gasteiger partial charge in [-0.3, -0.25) is 4.90 Å². The van der Waals surface area contributed by atoms with Gasteiger partial charge in [0.25, 0.3) is 0 Å². The van der Waals surface area contributed by atoms with E-state index in [1.54, 1.807) is 0 Å². The molecule has 1 atom stereocenters. The van der Waals surface area contributed by atoms with Gasteiger partial charge in [-0.2, -0.15) is 17.5 Å². The van der Waals surface area contributed by atoms with Gasteiger partial charge in [0.05, 0.1) is 16.6 Å². The van der Waals surface area contributed by atoms with Gasteiger partial charge in [0.2, 0.25) is 10.0 Å². The van der Waals surface area contributed by atoms with Crippen LogP contribution in [0, 0.1) is 0 Å². The SMILES string of the molecule is O=S(=O)(c1cccc(C(F)(F)F)c1)N1CCN(CC(O)c2ccccc2)CC1. The van der Waals surface area contributed by atoms with Gasteiger partial charge < -0.3 is 5.11 Å². The molecule has 0 aromatic heterocycles. The van der Waals surface area contributed by atoms with Crippen molar-refractivity contribution < 1.29 is 26.7 Å². The van der Waals surface area contributed by atoms with Gasteiger partial charge in [-0.25, -0.2) is 8.42 Å². The predicted molar refractivity (Wildman–Crippen MR) is 98.0 cm³/mol. The van der Waals surface area contributed by atoms with E-state index in [1.165, 1.54) is 10.4 Å². The van der Waals surface area contributed by atoms with Crippen molar-refractivity contribution >= 4 is 10.0 Å². The van der Waals surface area contributed by atoms with E-state index in [1.807, 2.05) is 35.2 Å². The lowest BCUT2D eigenvalue weighted by Crippen LogP contribution is -2.49. The molecule has 2 aromatic carbocycles. The number of alkyl halides is 3. The number of halogens is 3. The summed E-state index contributed by atoms with van der Waals surface area (Å²) in [6.45, 7) is 1.45. The van der Waals surface area contributed by atoms with Gasteiger partial charge in [-0.1, -0.05) is 36.4 Å². The standard InChI is InChI=1S/C19H21F3N2O3S/c20-19(21,22)16-7-4-8-17(13-16)28(26,27)24-11-9-23(10-12-24)14-18(25)15-5-2-1-3-6-15/h1-8,13,18,25H,9-12,14H2. The molecule has 1 saturated heterocycles. The van der Waals surface area contributed by atoms with Crippen molar-refractivity contribution in [1.82, 2.24) is 9.21 Å². The van der Waals surface area contributed by atoms with Crippen LogP contribution in [0.3, 0.4) is 0 Å². The van der Waals surface area contributed by atoms with Crippen LogP contribution in [0.4, 0.5) is 13.2 Å². The summed E-state index contributed by atoms with van der Waals surface area (Å²) < 4.78 is 65.2. The van der Waals surface area contributed by atoms with Gasteiger partial charge in [0, 0.05) is 32.7 Å². The van der Waals surface area contributed by atoms with E-state index in [0.29, 0.717) is 25.7 Å². The maximum Gasteiger partial charge on any atom is 0.416 e. The van der Waals surface area contributed by atoms with Gasteiger partial charge in [-0.05, 0) is 23.8 Å². The van der Waals surface area contributed by atoms with Gasteiger partial charge in [0.15, 0.2) is 0 Å². The molecule has 152 valence electrons. The van der Waals surface area contributed by atoms with Crippen LogP contribution in [0.5, 0.6) is 0 Å². The number of hydrogen-bond donors (Lipinski definition) is 1. The average molecular weight is 414 g/mol. The summed E-state index contributed by atoms with van der Waals surface area (Å²) in [6, 6.07) is 12.9. The highest BCUT2D eigenvalue weighted by molar-refractivity contribution is 7.89. The Kier molecular flexibility index (Phi) is 6.09. The van der Waals surface area contributed by atoms with Crippen LogP contribution in [0.2, 0.25) is 0 Å². The van der Waals surface area contributed by atoms with E-state index in [0.717, 1.165) is 17.7 Å². The minimum atomic E-state index is -4.60. The van der Waals surface area contributed by atoms with E-state index in [2.05, 4.69) is 0 Å². The molecule has 0 saturated carbocycles. The minimum Gasteiger partial charge on any atom is -0.387 e. The summed E-state index contributed by atoms with van der Waals surface area (Å²) >= 11 is 0. The zero-order valence-electron chi connectivity index (χ0n) is 15.0. The lowest BCUT2D eigenvalue weighted by molar-refractivity contribution is -0.137. The van der Waals surface area contributed by atoms with Crippen LogP contribution < -0.4 is 0 Å². The van der Waals surface area contributed by atoms with Crippen LogP contribution in [0.15, 0.2) is 59.5 Å². The van der Waals surface area contributed by atoms with Crippen molar-refractivity contribution in [3.63, 3.8) is 0 Å². The van der Waals surface area contributed by atoms with Crippen molar-refractivity contribution in [2.75, 3.05) is 32.7 Å². The Hall–Kier alpha value is -1.94. The molecular formula is C19H21F3N2O3S. The number of nitrogens with zero attached hydrogens (tertiary/aromatic N) is 2. The summed E-state index contributed by atoms with van der Waals surface area (Å²) in [5.74, 6) is 0. The molecule has 9 heteroatoms. The lowest BCUT2D eigenvalue weighted by atomic mass is 10.1. The molecule has 0 spiro atoms. The van der Waals surface area contributed by atoms with Crippen LogP contribution in [0.1, 0.15) is 17.2 Å². The first kappa shape index (κ1) is 20.8. The zero-order valence-corrected chi connectivity index (χ0v) is 15.8. The second kappa shape index (κ2) is 8.20. The Morgan fingerprint density at radius 2 is 1.61 bits per heavy atom. The molecule has 0 amide bonds. The molecule has 1 unspecified atom stereocenters. The Morgan fingerprint density at radius 3 is 2.21 bits per heavy atom. The first-order valence-corrected chi connectivity index (χ1v) is 10.2. The third kappa shape index (κ3) is 4.72. The summed E-state index contributed by atoms with van der Waals surface area (Å²) in [5.41, 5.74) is -0.209. The molecule has 5 nitrogen and oxygen atoms in total. The molecule has 28 heavy (non-hydrogen) atoms. The van der Waals surface area contributed by atoms with E-state index in [-0.39, 0.29) is 18.0 Å². The molecule has 1 fully saturated rings. The number of β-amino-alcohol motifs (C(OH)–C–C–N with tert-alkyl or cyclic N) is 1. The highest BCUT2D eigenvalue weighted by atomic mass is 32.2. The first-order valence-electron chi connectivity index (χ1n) is 8.81. The largest absolute Gasteiger partial charge is 0.416 e. The fraction of sp³-hybridized carbons (Fsp3) is 0.368. The number of piperazine rings is 1. The van der Waals surface area contributed by atoms with Crippen molar-refractivity contribution in [2.24, 2.45) is 0 Å². The fourth-order valence-electron chi connectivity index (χ4n) is 3.16. The predicted octanol–water partition coefficient (Wildman–Crippen LogP) is 2.75. The summed E-state index contributed by atoms with van der Waals surface area (Å²) in [5, 5.41) is 10.3. The molecule has 1 aliphatic rings. The number of sulfonamides is 1. The number of aliphatic hydroxyl groups excluding tert-OH is 1. The quantitative estimate of drug-likeness (QED) is 0.818. The molecule has 3 rings (SSSR count). The third-order valence-corrected chi connectivity index (χ3v) is 6.64. The lowest BCUT2D eigenvalue weighted by Gasteiger charge is -2.35. The Labute approximate surface area is 162 Å². The molecule has 1 heterocycles. The molecule has 0 aliphatic carbocycles. The molecule has 0 radical (unpaired) electrons. The van der Waals surface area contributed by atoms with Gasteiger partial charge >= 0.3 is 6.18 Å². The number of benzene rings is 2. The van der Waals surface area contributed by atoms with Crippen molar-refractivity contribution in [3.8, 4) is 0 Å². The van der Waals surface area contributed by atoms with Crippen molar-refractivity contribution in [3.05, 3.63) is 65.7 Å². The smallest absolute Gasteiger partial charge is 0.387 e. The van der Waals surface area contributed by atoms with Gasteiger partial charge in [-0.15, -0.1) is 0 Å². The molecular weight excluding hydrogens is 393 g/mol. The summed E-state index contributed by atoms with van der Waals surface area (Å²) in [7, 11) is -4.00. The van der Waals surface area contributed by atoms with Crippen LogP contribution in [0.25, 0.3) is 0 Å².